The molecule has 0 spiro atoms. The number of rotatable bonds is 6. The van der Waals surface area contributed by atoms with E-state index in [0.29, 0.717) is 10.7 Å². The van der Waals surface area contributed by atoms with Crippen LogP contribution in [0.25, 0.3) is 0 Å². The fourth-order valence-electron chi connectivity index (χ4n) is 2.22. The number of methoxy groups -OCH3 is 1. The van der Waals surface area contributed by atoms with Crippen LogP contribution in [0.4, 0.5) is 5.13 Å². The molecule has 3 aromatic rings. The average Bonchev–Trinajstić information content (AvgIpc) is 3.08. The smallest absolute Gasteiger partial charge is 0.257 e. The van der Waals surface area contributed by atoms with Crippen LogP contribution in [0, 0.1) is 0 Å². The fourth-order valence-corrected chi connectivity index (χ4v) is 3.22. The summed E-state index contributed by atoms with van der Waals surface area (Å²) < 4.78 is 6.08. The van der Waals surface area contributed by atoms with Crippen molar-refractivity contribution in [3.63, 3.8) is 0 Å². The molecular formula is C18H16BrN3O2S. The number of aryl methyl sites for hydroxylation is 2. The molecule has 0 fully saturated rings. The first-order chi connectivity index (χ1) is 12.1. The lowest BCUT2D eigenvalue weighted by molar-refractivity contribution is 0.102. The molecule has 3 rings (SSSR count). The van der Waals surface area contributed by atoms with Gasteiger partial charge in [-0.3, -0.25) is 10.1 Å². The molecule has 5 nitrogen and oxygen atoms in total. The number of carbonyl (C=O) groups is 1. The molecule has 25 heavy (non-hydrogen) atoms. The molecule has 0 saturated heterocycles. The number of anilines is 1. The highest BCUT2D eigenvalue weighted by Gasteiger charge is 2.10. The number of ether oxygens (including phenoxy) is 1. The summed E-state index contributed by atoms with van der Waals surface area (Å²) in [5, 5.41) is 12.4. The molecule has 128 valence electrons. The van der Waals surface area contributed by atoms with Crippen LogP contribution in [0.1, 0.15) is 20.9 Å². The molecule has 0 radical (unpaired) electrons. The van der Waals surface area contributed by atoms with E-state index in [0.717, 1.165) is 28.1 Å². The highest BCUT2D eigenvalue weighted by molar-refractivity contribution is 9.10. The van der Waals surface area contributed by atoms with Crippen LogP contribution in [0.2, 0.25) is 0 Å². The highest BCUT2D eigenvalue weighted by Crippen LogP contribution is 2.19. The van der Waals surface area contributed by atoms with Crippen molar-refractivity contribution in [2.45, 2.75) is 12.8 Å². The second-order valence-corrected chi connectivity index (χ2v) is 7.29. The van der Waals surface area contributed by atoms with Gasteiger partial charge in [-0.05, 0) is 48.4 Å². The third-order valence-electron chi connectivity index (χ3n) is 3.58. The second-order valence-electron chi connectivity index (χ2n) is 5.31. The molecule has 0 saturated carbocycles. The Bertz CT molecular complexity index is 848. The number of aromatic nitrogens is 2. The molecule has 2 aromatic carbocycles. The summed E-state index contributed by atoms with van der Waals surface area (Å²) >= 11 is 4.75. The maximum atomic E-state index is 12.2. The maximum Gasteiger partial charge on any atom is 0.257 e. The van der Waals surface area contributed by atoms with Crippen molar-refractivity contribution in [3.8, 4) is 5.75 Å². The van der Waals surface area contributed by atoms with Gasteiger partial charge < -0.3 is 4.74 Å². The van der Waals surface area contributed by atoms with Crippen LogP contribution in [-0.4, -0.2) is 23.2 Å². The molecule has 0 aliphatic rings. The zero-order valence-corrected chi connectivity index (χ0v) is 15.9. The number of hydrogen-bond acceptors (Lipinski definition) is 5. The second kappa shape index (κ2) is 8.22. The summed E-state index contributed by atoms with van der Waals surface area (Å²) in [6.07, 6.45) is 1.64. The zero-order valence-electron chi connectivity index (χ0n) is 13.5. The van der Waals surface area contributed by atoms with E-state index in [-0.39, 0.29) is 5.91 Å². The van der Waals surface area contributed by atoms with Gasteiger partial charge in [0.15, 0.2) is 0 Å². The van der Waals surface area contributed by atoms with Crippen molar-refractivity contribution in [1.82, 2.24) is 10.2 Å². The Kier molecular flexibility index (Phi) is 5.78. The van der Waals surface area contributed by atoms with Gasteiger partial charge in [0.25, 0.3) is 5.91 Å². The number of nitrogens with one attached hydrogen (secondary N) is 1. The lowest BCUT2D eigenvalue weighted by atomic mass is 10.1. The van der Waals surface area contributed by atoms with Crippen LogP contribution in [-0.2, 0) is 12.8 Å². The molecule has 7 heteroatoms. The third-order valence-corrected chi connectivity index (χ3v) is 5.01. The Hall–Kier alpha value is -2.25. The van der Waals surface area contributed by atoms with Crippen molar-refractivity contribution in [2.75, 3.05) is 12.4 Å². The van der Waals surface area contributed by atoms with Crippen LogP contribution in [0.3, 0.4) is 0 Å². The zero-order chi connectivity index (χ0) is 17.6. The summed E-state index contributed by atoms with van der Waals surface area (Å²) in [7, 11) is 1.65. The predicted octanol–water partition coefficient (Wildman–Crippen LogP) is 4.35. The fraction of sp³-hybridized carbons (Fsp3) is 0.167. The van der Waals surface area contributed by atoms with Gasteiger partial charge in [0, 0.05) is 16.5 Å². The van der Waals surface area contributed by atoms with Crippen molar-refractivity contribution >= 4 is 38.3 Å². The van der Waals surface area contributed by atoms with Gasteiger partial charge in [0.05, 0.1) is 7.11 Å². The standard InChI is InChI=1S/C18H16BrN3O2S/c1-24-15-9-2-12(3-10-15)4-11-16-21-22-18(25-16)20-17(23)13-5-7-14(19)8-6-13/h2-3,5-10H,4,11H2,1H3,(H,20,22,23). The Balaban J connectivity index is 1.56. The topological polar surface area (TPSA) is 64.1 Å². The molecule has 0 aliphatic heterocycles. The molecule has 0 atom stereocenters. The molecule has 0 bridgehead atoms. The van der Waals surface area contributed by atoms with Gasteiger partial charge in [-0.25, -0.2) is 0 Å². The van der Waals surface area contributed by atoms with Crippen LogP contribution >= 0.6 is 27.3 Å². The van der Waals surface area contributed by atoms with Gasteiger partial charge in [0.2, 0.25) is 5.13 Å². The molecule has 1 heterocycles. The predicted molar refractivity (Wildman–Crippen MR) is 102 cm³/mol. The Morgan fingerprint density at radius 2 is 1.80 bits per heavy atom. The SMILES string of the molecule is COc1ccc(CCc2nnc(NC(=O)c3ccc(Br)cc3)s2)cc1. The van der Waals surface area contributed by atoms with Gasteiger partial charge in [-0.15, -0.1) is 10.2 Å². The number of halogens is 1. The Morgan fingerprint density at radius 3 is 2.48 bits per heavy atom. The van der Waals surface area contributed by atoms with E-state index in [9.17, 15) is 4.79 Å². The van der Waals surface area contributed by atoms with E-state index in [1.54, 1.807) is 19.2 Å². The average molecular weight is 418 g/mol. The largest absolute Gasteiger partial charge is 0.497 e. The highest BCUT2D eigenvalue weighted by atomic mass is 79.9. The van der Waals surface area contributed by atoms with Crippen molar-refractivity contribution in [3.05, 3.63) is 69.1 Å². The maximum absolute atomic E-state index is 12.2. The first-order valence-corrected chi connectivity index (χ1v) is 9.27. The summed E-state index contributed by atoms with van der Waals surface area (Å²) in [6, 6.07) is 15.1. The monoisotopic (exact) mass is 417 g/mol. The van der Waals surface area contributed by atoms with E-state index < -0.39 is 0 Å². The number of carbonyl (C=O) groups excluding carboxylic acids is 1. The summed E-state index contributed by atoms with van der Waals surface area (Å²) in [6.45, 7) is 0. The Morgan fingerprint density at radius 1 is 1.08 bits per heavy atom. The molecule has 1 amide bonds. The summed E-state index contributed by atoms with van der Waals surface area (Å²) in [5.41, 5.74) is 1.79. The van der Waals surface area contributed by atoms with E-state index in [1.165, 1.54) is 16.9 Å². The number of amides is 1. The van der Waals surface area contributed by atoms with Crippen molar-refractivity contribution < 1.29 is 9.53 Å². The third kappa shape index (κ3) is 4.87. The van der Waals surface area contributed by atoms with Crippen LogP contribution in [0.15, 0.2) is 53.0 Å². The lowest BCUT2D eigenvalue weighted by Crippen LogP contribution is -2.11. The lowest BCUT2D eigenvalue weighted by Gasteiger charge is -2.02. The van der Waals surface area contributed by atoms with Crippen LogP contribution < -0.4 is 10.1 Å². The van der Waals surface area contributed by atoms with Crippen molar-refractivity contribution in [1.29, 1.82) is 0 Å². The number of benzene rings is 2. The van der Waals surface area contributed by atoms with E-state index in [1.807, 2.05) is 36.4 Å². The quantitative estimate of drug-likeness (QED) is 0.647. The van der Waals surface area contributed by atoms with Gasteiger partial charge in [0.1, 0.15) is 10.8 Å². The van der Waals surface area contributed by atoms with Gasteiger partial charge in [-0.1, -0.05) is 39.4 Å². The minimum absolute atomic E-state index is 0.189. The minimum Gasteiger partial charge on any atom is -0.497 e. The first kappa shape index (κ1) is 17.6. The van der Waals surface area contributed by atoms with Crippen molar-refractivity contribution in [2.24, 2.45) is 0 Å². The van der Waals surface area contributed by atoms with Crippen LogP contribution in [0.5, 0.6) is 5.75 Å². The molecular weight excluding hydrogens is 402 g/mol. The molecule has 1 aromatic heterocycles. The minimum atomic E-state index is -0.189. The first-order valence-electron chi connectivity index (χ1n) is 7.66. The summed E-state index contributed by atoms with van der Waals surface area (Å²) in [4.78, 5) is 12.2. The van der Waals surface area contributed by atoms with E-state index in [2.05, 4.69) is 31.4 Å². The molecule has 1 N–H and O–H groups in total. The van der Waals surface area contributed by atoms with Gasteiger partial charge >= 0.3 is 0 Å². The summed E-state index contributed by atoms with van der Waals surface area (Å²) in [5.74, 6) is 0.656. The number of hydrogen-bond donors (Lipinski definition) is 1. The molecule has 0 aliphatic carbocycles. The van der Waals surface area contributed by atoms with Gasteiger partial charge in [-0.2, -0.15) is 0 Å². The van der Waals surface area contributed by atoms with E-state index in [4.69, 9.17) is 4.74 Å². The van der Waals surface area contributed by atoms with E-state index >= 15 is 0 Å². The number of nitrogens with zero attached hydrogens (tertiary/aromatic N) is 2. The normalized spacial score (nSPS) is 10.5. The molecule has 0 unspecified atom stereocenters. The Labute approximate surface area is 158 Å².